The third-order valence-electron chi connectivity index (χ3n) is 5.34. The summed E-state index contributed by atoms with van der Waals surface area (Å²) in [5, 5.41) is 0. The molecular weight excluding hydrogens is 284 g/mol. The van der Waals surface area contributed by atoms with Crippen LogP contribution in [0.2, 0.25) is 0 Å². The second kappa shape index (κ2) is 7.07. The molecule has 0 heterocycles. The van der Waals surface area contributed by atoms with Crippen LogP contribution in [0.5, 0.6) is 0 Å². The van der Waals surface area contributed by atoms with Gasteiger partial charge in [-0.25, -0.2) is 0 Å². The Morgan fingerprint density at radius 2 is 2.04 bits per heavy atom. The van der Waals surface area contributed by atoms with Gasteiger partial charge in [0.2, 0.25) is 0 Å². The molecule has 1 aliphatic rings. The molecule has 1 aromatic carbocycles. The number of ether oxygens (including phenoxy) is 1. The molecule has 0 N–H and O–H groups in total. The highest BCUT2D eigenvalue weighted by Crippen LogP contribution is 2.45. The Labute approximate surface area is 141 Å². The predicted molar refractivity (Wildman–Crippen MR) is 95.7 cm³/mol. The molecule has 0 saturated heterocycles. The summed E-state index contributed by atoms with van der Waals surface area (Å²) in [6.45, 7) is 11.4. The van der Waals surface area contributed by atoms with Crippen LogP contribution in [0.1, 0.15) is 77.8 Å². The number of hydrogen-bond acceptors (Lipinski definition) is 2. The Bertz CT molecular complexity index is 541. The van der Waals surface area contributed by atoms with Gasteiger partial charge in [-0.05, 0) is 41.7 Å². The summed E-state index contributed by atoms with van der Waals surface area (Å²) in [7, 11) is 0. The maximum Gasteiger partial charge on any atom is 0.316 e. The molecule has 2 atom stereocenters. The van der Waals surface area contributed by atoms with E-state index in [0.29, 0.717) is 12.5 Å². The van der Waals surface area contributed by atoms with Crippen LogP contribution < -0.4 is 0 Å². The van der Waals surface area contributed by atoms with Gasteiger partial charge in [-0.15, -0.1) is 0 Å². The van der Waals surface area contributed by atoms with Crippen molar-refractivity contribution in [2.24, 2.45) is 5.92 Å². The number of rotatable bonds is 4. The first-order chi connectivity index (χ1) is 10.8. The number of carbonyl (C=O) groups excluding carboxylic acids is 1. The summed E-state index contributed by atoms with van der Waals surface area (Å²) >= 11 is 0. The van der Waals surface area contributed by atoms with Crippen molar-refractivity contribution in [3.05, 3.63) is 35.4 Å². The van der Waals surface area contributed by atoms with Crippen molar-refractivity contribution < 1.29 is 9.53 Å². The van der Waals surface area contributed by atoms with E-state index in [1.54, 1.807) is 0 Å². The summed E-state index contributed by atoms with van der Waals surface area (Å²) in [6.07, 6.45) is 5.19. The highest BCUT2D eigenvalue weighted by Gasteiger charge is 2.47. The molecular formula is C21H32O2. The fourth-order valence-electron chi connectivity index (χ4n) is 3.78. The van der Waals surface area contributed by atoms with Crippen LogP contribution in [0, 0.1) is 5.92 Å². The van der Waals surface area contributed by atoms with Gasteiger partial charge in [-0.1, -0.05) is 71.7 Å². The Morgan fingerprint density at radius 1 is 1.30 bits per heavy atom. The molecule has 0 radical (unpaired) electrons. The van der Waals surface area contributed by atoms with Gasteiger partial charge in [0.1, 0.15) is 0 Å². The lowest BCUT2D eigenvalue weighted by Crippen LogP contribution is -2.45. The van der Waals surface area contributed by atoms with Crippen LogP contribution >= 0.6 is 0 Å². The van der Waals surface area contributed by atoms with Crippen molar-refractivity contribution in [2.75, 3.05) is 6.61 Å². The Hall–Kier alpha value is -1.31. The number of esters is 1. The molecule has 23 heavy (non-hydrogen) atoms. The maximum absolute atomic E-state index is 13.0. The summed E-state index contributed by atoms with van der Waals surface area (Å²) in [6, 6.07) is 8.65. The highest BCUT2D eigenvalue weighted by atomic mass is 16.5. The molecule has 1 saturated carbocycles. The fourth-order valence-corrected chi connectivity index (χ4v) is 3.78. The number of benzene rings is 1. The lowest BCUT2D eigenvalue weighted by atomic mass is 9.62. The second-order valence-electron chi connectivity index (χ2n) is 8.08. The third kappa shape index (κ3) is 3.62. The first-order valence-corrected chi connectivity index (χ1v) is 9.10. The van der Waals surface area contributed by atoms with Crippen LogP contribution in [0.25, 0.3) is 0 Å². The SMILES string of the molecule is CCCOC(=O)C1(c2cccc(C(C)(C)C)c2)CCCCC1C. The first kappa shape index (κ1) is 18.0. The van der Waals surface area contributed by atoms with Gasteiger partial charge in [-0.3, -0.25) is 4.79 Å². The van der Waals surface area contributed by atoms with Gasteiger partial charge >= 0.3 is 5.97 Å². The maximum atomic E-state index is 13.0. The monoisotopic (exact) mass is 316 g/mol. The summed E-state index contributed by atoms with van der Waals surface area (Å²) in [4.78, 5) is 13.0. The van der Waals surface area contributed by atoms with E-state index in [4.69, 9.17) is 4.74 Å². The molecule has 0 spiro atoms. The van der Waals surface area contributed by atoms with Crippen LogP contribution in [-0.2, 0) is 20.4 Å². The van der Waals surface area contributed by atoms with Crippen molar-refractivity contribution in [2.45, 2.75) is 77.6 Å². The van der Waals surface area contributed by atoms with E-state index in [9.17, 15) is 4.79 Å². The van der Waals surface area contributed by atoms with Crippen LogP contribution in [0.15, 0.2) is 24.3 Å². The zero-order chi connectivity index (χ0) is 17.1. The van der Waals surface area contributed by atoms with E-state index >= 15 is 0 Å². The molecule has 2 nitrogen and oxygen atoms in total. The Balaban J connectivity index is 2.47. The minimum Gasteiger partial charge on any atom is -0.465 e. The molecule has 1 aliphatic carbocycles. The van der Waals surface area contributed by atoms with Crippen LogP contribution in [0.3, 0.4) is 0 Å². The second-order valence-corrected chi connectivity index (χ2v) is 8.08. The Kier molecular flexibility index (Phi) is 5.54. The van der Waals surface area contributed by atoms with E-state index in [2.05, 4.69) is 52.0 Å². The largest absolute Gasteiger partial charge is 0.465 e. The van der Waals surface area contributed by atoms with Gasteiger partial charge in [0, 0.05) is 0 Å². The lowest BCUT2D eigenvalue weighted by Gasteiger charge is -2.41. The lowest BCUT2D eigenvalue weighted by molar-refractivity contribution is -0.154. The molecule has 1 aromatic rings. The van der Waals surface area contributed by atoms with Crippen LogP contribution in [0.4, 0.5) is 0 Å². The number of carbonyl (C=O) groups is 1. The zero-order valence-corrected chi connectivity index (χ0v) is 15.4. The Morgan fingerprint density at radius 3 is 2.65 bits per heavy atom. The van der Waals surface area contributed by atoms with Gasteiger partial charge < -0.3 is 4.74 Å². The van der Waals surface area contributed by atoms with Gasteiger partial charge in [0.05, 0.1) is 12.0 Å². The standard InChI is InChI=1S/C21H32O2/c1-6-14-23-19(22)21(13-8-7-10-16(21)2)18-12-9-11-17(15-18)20(3,4)5/h9,11-12,15-16H,6-8,10,13-14H2,1-5H3. The molecule has 2 heteroatoms. The van der Waals surface area contributed by atoms with E-state index in [1.807, 2.05) is 6.92 Å². The minimum absolute atomic E-state index is 0.0161. The minimum atomic E-state index is -0.464. The molecule has 0 amide bonds. The summed E-state index contributed by atoms with van der Waals surface area (Å²) < 4.78 is 5.65. The van der Waals surface area contributed by atoms with Crippen molar-refractivity contribution in [1.29, 1.82) is 0 Å². The quantitative estimate of drug-likeness (QED) is 0.697. The smallest absolute Gasteiger partial charge is 0.316 e. The fraction of sp³-hybridized carbons (Fsp3) is 0.667. The highest BCUT2D eigenvalue weighted by molar-refractivity contribution is 5.84. The van der Waals surface area contributed by atoms with Gasteiger partial charge in [-0.2, -0.15) is 0 Å². The topological polar surface area (TPSA) is 26.3 Å². The molecule has 128 valence electrons. The van der Waals surface area contributed by atoms with Crippen molar-refractivity contribution >= 4 is 5.97 Å². The summed E-state index contributed by atoms with van der Waals surface area (Å²) in [5.74, 6) is 0.313. The molecule has 1 fully saturated rings. The first-order valence-electron chi connectivity index (χ1n) is 9.10. The van der Waals surface area contributed by atoms with E-state index in [-0.39, 0.29) is 11.4 Å². The predicted octanol–water partition coefficient (Wildman–Crippen LogP) is 5.39. The molecule has 0 aliphatic heterocycles. The average molecular weight is 316 g/mol. The number of hydrogen-bond donors (Lipinski definition) is 0. The van der Waals surface area contributed by atoms with E-state index < -0.39 is 5.41 Å². The molecule has 0 aromatic heterocycles. The van der Waals surface area contributed by atoms with Gasteiger partial charge in [0.15, 0.2) is 0 Å². The van der Waals surface area contributed by atoms with Crippen molar-refractivity contribution in [3.8, 4) is 0 Å². The molecule has 0 bridgehead atoms. The zero-order valence-electron chi connectivity index (χ0n) is 15.4. The average Bonchev–Trinajstić information content (AvgIpc) is 2.52. The molecule has 2 rings (SSSR count). The van der Waals surface area contributed by atoms with Crippen molar-refractivity contribution in [3.63, 3.8) is 0 Å². The third-order valence-corrected chi connectivity index (χ3v) is 5.34. The van der Waals surface area contributed by atoms with E-state index in [1.165, 1.54) is 12.0 Å². The summed E-state index contributed by atoms with van der Waals surface area (Å²) in [5.41, 5.74) is 2.06. The van der Waals surface area contributed by atoms with Crippen molar-refractivity contribution in [1.82, 2.24) is 0 Å². The van der Waals surface area contributed by atoms with E-state index in [0.717, 1.165) is 31.2 Å². The van der Waals surface area contributed by atoms with Gasteiger partial charge in [0.25, 0.3) is 0 Å². The molecule has 2 unspecified atom stereocenters. The normalized spacial score (nSPS) is 25.2. The van der Waals surface area contributed by atoms with Crippen LogP contribution in [-0.4, -0.2) is 12.6 Å².